The Kier molecular flexibility index (Phi) is 6.46. The Morgan fingerprint density at radius 2 is 1.89 bits per heavy atom. The minimum absolute atomic E-state index is 0. The number of halogens is 1. The molecule has 0 aliphatic carbocycles. The van der Waals surface area contributed by atoms with Crippen LogP contribution in [0.5, 0.6) is 11.5 Å². The fourth-order valence-electron chi connectivity index (χ4n) is 1.59. The van der Waals surface area contributed by atoms with Crippen LogP contribution in [0.25, 0.3) is 0 Å². The predicted octanol–water partition coefficient (Wildman–Crippen LogP) is 2.14. The Morgan fingerprint density at radius 1 is 1.28 bits per heavy atom. The number of rotatable bonds is 5. The van der Waals surface area contributed by atoms with Gasteiger partial charge in [-0.25, -0.2) is 0 Å². The molecule has 0 aromatic heterocycles. The first-order chi connectivity index (χ1) is 7.96. The lowest BCUT2D eigenvalue weighted by Crippen LogP contribution is -2.32. The van der Waals surface area contributed by atoms with E-state index in [1.807, 2.05) is 26.0 Å². The van der Waals surface area contributed by atoms with Crippen LogP contribution < -0.4 is 15.2 Å². The zero-order valence-electron chi connectivity index (χ0n) is 11.3. The summed E-state index contributed by atoms with van der Waals surface area (Å²) in [7, 11) is 3.20. The molecule has 0 aliphatic rings. The SMILES string of the molecule is COc1ccc([C@H](N)C(C)(C)CO)c(OC)c1.Cl. The monoisotopic (exact) mass is 275 g/mol. The van der Waals surface area contributed by atoms with Crippen LogP contribution in [0.1, 0.15) is 25.5 Å². The lowest BCUT2D eigenvalue weighted by molar-refractivity contribution is 0.131. The molecule has 1 aromatic rings. The van der Waals surface area contributed by atoms with Crippen LogP contribution >= 0.6 is 12.4 Å². The van der Waals surface area contributed by atoms with E-state index in [0.29, 0.717) is 5.75 Å². The van der Waals surface area contributed by atoms with E-state index in [9.17, 15) is 5.11 Å². The van der Waals surface area contributed by atoms with Gasteiger partial charge in [0.1, 0.15) is 11.5 Å². The third-order valence-corrected chi connectivity index (χ3v) is 3.03. The summed E-state index contributed by atoms with van der Waals surface area (Å²) >= 11 is 0. The molecule has 0 aliphatic heterocycles. The van der Waals surface area contributed by atoms with Crippen LogP contribution in [0, 0.1) is 5.41 Å². The van der Waals surface area contributed by atoms with E-state index in [1.54, 1.807) is 20.3 Å². The minimum Gasteiger partial charge on any atom is -0.497 e. The molecular weight excluding hydrogens is 254 g/mol. The van der Waals surface area contributed by atoms with E-state index >= 15 is 0 Å². The highest BCUT2D eigenvalue weighted by Crippen LogP contribution is 2.37. The zero-order chi connectivity index (χ0) is 13.1. The van der Waals surface area contributed by atoms with Crippen LogP contribution in [-0.2, 0) is 0 Å². The van der Waals surface area contributed by atoms with Gasteiger partial charge in [-0.3, -0.25) is 0 Å². The Hall–Kier alpha value is -0.970. The highest BCUT2D eigenvalue weighted by molar-refractivity contribution is 5.85. The Bertz CT molecular complexity index is 382. The molecule has 0 spiro atoms. The van der Waals surface area contributed by atoms with Crippen LogP contribution in [0.2, 0.25) is 0 Å². The molecule has 0 amide bonds. The van der Waals surface area contributed by atoms with Gasteiger partial charge in [0.15, 0.2) is 0 Å². The highest BCUT2D eigenvalue weighted by atomic mass is 35.5. The van der Waals surface area contributed by atoms with E-state index in [1.165, 1.54) is 0 Å². The summed E-state index contributed by atoms with van der Waals surface area (Å²) in [5.41, 5.74) is 6.64. The molecule has 0 unspecified atom stereocenters. The van der Waals surface area contributed by atoms with Crippen molar-refractivity contribution in [3.63, 3.8) is 0 Å². The zero-order valence-corrected chi connectivity index (χ0v) is 12.1. The summed E-state index contributed by atoms with van der Waals surface area (Å²) < 4.78 is 10.4. The van der Waals surface area contributed by atoms with Gasteiger partial charge in [0.05, 0.1) is 14.2 Å². The molecule has 0 saturated heterocycles. The Morgan fingerprint density at radius 3 is 2.33 bits per heavy atom. The third-order valence-electron chi connectivity index (χ3n) is 3.03. The topological polar surface area (TPSA) is 64.7 Å². The molecule has 0 fully saturated rings. The standard InChI is InChI=1S/C13H21NO3.ClH/c1-13(2,8-15)12(14)10-6-5-9(16-3)7-11(10)17-4;/h5-7,12,15H,8,14H2,1-4H3;1H/t12-;/m0./s1. The van der Waals surface area contributed by atoms with E-state index in [-0.39, 0.29) is 25.1 Å². The largest absolute Gasteiger partial charge is 0.497 e. The van der Waals surface area contributed by atoms with E-state index in [2.05, 4.69) is 0 Å². The second-order valence-electron chi connectivity index (χ2n) is 4.73. The first-order valence-electron chi connectivity index (χ1n) is 5.54. The first-order valence-corrected chi connectivity index (χ1v) is 5.54. The van der Waals surface area contributed by atoms with Gasteiger partial charge >= 0.3 is 0 Å². The maximum atomic E-state index is 9.34. The maximum Gasteiger partial charge on any atom is 0.127 e. The average molecular weight is 276 g/mol. The molecule has 18 heavy (non-hydrogen) atoms. The van der Waals surface area contributed by atoms with Gasteiger partial charge in [-0.2, -0.15) is 0 Å². The Labute approximate surface area is 115 Å². The fraction of sp³-hybridized carbons (Fsp3) is 0.538. The number of hydrogen-bond donors (Lipinski definition) is 2. The van der Waals surface area contributed by atoms with Crippen LogP contribution in [0.3, 0.4) is 0 Å². The van der Waals surface area contributed by atoms with Crippen molar-refractivity contribution in [3.05, 3.63) is 23.8 Å². The summed E-state index contributed by atoms with van der Waals surface area (Å²) in [5, 5.41) is 9.34. The molecule has 0 heterocycles. The molecule has 104 valence electrons. The van der Waals surface area contributed by atoms with Gasteiger partial charge in [-0.1, -0.05) is 19.9 Å². The lowest BCUT2D eigenvalue weighted by Gasteiger charge is -2.30. The van der Waals surface area contributed by atoms with Gasteiger partial charge in [-0.15, -0.1) is 12.4 Å². The van der Waals surface area contributed by atoms with Crippen molar-refractivity contribution in [1.82, 2.24) is 0 Å². The summed E-state index contributed by atoms with van der Waals surface area (Å²) in [6.45, 7) is 3.85. The molecule has 1 aromatic carbocycles. The van der Waals surface area contributed by atoms with E-state index in [4.69, 9.17) is 15.2 Å². The number of ether oxygens (including phenoxy) is 2. The number of hydrogen-bond acceptors (Lipinski definition) is 4. The van der Waals surface area contributed by atoms with Crippen molar-refractivity contribution in [2.45, 2.75) is 19.9 Å². The molecule has 1 rings (SSSR count). The van der Waals surface area contributed by atoms with E-state index in [0.717, 1.165) is 11.3 Å². The molecule has 1 atom stereocenters. The molecule has 0 saturated carbocycles. The van der Waals surface area contributed by atoms with Crippen LogP contribution in [-0.4, -0.2) is 25.9 Å². The smallest absolute Gasteiger partial charge is 0.127 e. The summed E-state index contributed by atoms with van der Waals surface area (Å²) in [4.78, 5) is 0. The molecule has 3 N–H and O–H groups in total. The van der Waals surface area contributed by atoms with Crippen LogP contribution in [0.15, 0.2) is 18.2 Å². The Balaban J connectivity index is 0.00000289. The minimum atomic E-state index is -0.401. The molecule has 0 bridgehead atoms. The lowest BCUT2D eigenvalue weighted by atomic mass is 9.81. The average Bonchev–Trinajstić information content (AvgIpc) is 2.36. The normalized spacial score (nSPS) is 12.6. The van der Waals surface area contributed by atoms with Gasteiger partial charge < -0.3 is 20.3 Å². The maximum absolute atomic E-state index is 9.34. The van der Waals surface area contributed by atoms with Gasteiger partial charge in [0.2, 0.25) is 0 Å². The van der Waals surface area contributed by atoms with Crippen LogP contribution in [0.4, 0.5) is 0 Å². The number of nitrogens with two attached hydrogens (primary N) is 1. The second kappa shape index (κ2) is 6.83. The second-order valence-corrected chi connectivity index (χ2v) is 4.73. The third kappa shape index (κ3) is 3.51. The molecule has 4 nitrogen and oxygen atoms in total. The number of aliphatic hydroxyl groups excluding tert-OH is 1. The van der Waals surface area contributed by atoms with Crippen molar-refractivity contribution in [1.29, 1.82) is 0 Å². The predicted molar refractivity (Wildman–Crippen MR) is 74.6 cm³/mol. The van der Waals surface area contributed by atoms with Gasteiger partial charge in [0, 0.05) is 29.7 Å². The number of methoxy groups -OCH3 is 2. The van der Waals surface area contributed by atoms with E-state index < -0.39 is 5.41 Å². The number of benzene rings is 1. The fourth-order valence-corrected chi connectivity index (χ4v) is 1.59. The van der Waals surface area contributed by atoms with Crippen molar-refractivity contribution in [3.8, 4) is 11.5 Å². The van der Waals surface area contributed by atoms with Crippen molar-refractivity contribution >= 4 is 12.4 Å². The number of aliphatic hydroxyl groups is 1. The molecular formula is C13H22ClNO3. The van der Waals surface area contributed by atoms with Crippen molar-refractivity contribution in [2.75, 3.05) is 20.8 Å². The first kappa shape index (κ1) is 17.0. The highest BCUT2D eigenvalue weighted by Gasteiger charge is 2.29. The van der Waals surface area contributed by atoms with Gasteiger partial charge in [-0.05, 0) is 6.07 Å². The van der Waals surface area contributed by atoms with Crippen molar-refractivity contribution in [2.24, 2.45) is 11.1 Å². The van der Waals surface area contributed by atoms with Crippen molar-refractivity contribution < 1.29 is 14.6 Å². The molecule has 5 heteroatoms. The quantitative estimate of drug-likeness (QED) is 0.864. The summed E-state index contributed by atoms with van der Waals surface area (Å²) in [5.74, 6) is 1.40. The summed E-state index contributed by atoms with van der Waals surface area (Å²) in [6.07, 6.45) is 0. The molecule has 0 radical (unpaired) electrons. The van der Waals surface area contributed by atoms with Gasteiger partial charge in [0.25, 0.3) is 0 Å². The summed E-state index contributed by atoms with van der Waals surface area (Å²) in [6, 6.07) is 5.21.